The summed E-state index contributed by atoms with van der Waals surface area (Å²) in [4.78, 5) is 8.27. The Balaban J connectivity index is 2.23. The van der Waals surface area contributed by atoms with E-state index in [0.29, 0.717) is 17.5 Å². The van der Waals surface area contributed by atoms with Crippen molar-refractivity contribution in [1.29, 1.82) is 0 Å². The largest absolute Gasteiger partial charge is 0.480 e. The Morgan fingerprint density at radius 2 is 2.29 bits per heavy atom. The van der Waals surface area contributed by atoms with Crippen molar-refractivity contribution in [3.8, 4) is 11.8 Å². The fraction of sp³-hybridized carbons (Fsp3) is 0.636. The van der Waals surface area contributed by atoms with Gasteiger partial charge in [-0.05, 0) is 19.4 Å². The van der Waals surface area contributed by atoms with Gasteiger partial charge in [-0.3, -0.25) is 0 Å². The van der Waals surface area contributed by atoms with E-state index < -0.39 is 6.10 Å². The summed E-state index contributed by atoms with van der Waals surface area (Å²) in [5, 5.41) is 13.4. The minimum atomic E-state index is -0.703. The lowest BCUT2D eigenvalue weighted by atomic mass is 10.1. The Labute approximate surface area is 100.0 Å². The van der Waals surface area contributed by atoms with Crippen LogP contribution in [0.4, 0.5) is 0 Å². The van der Waals surface area contributed by atoms with E-state index in [1.165, 1.54) is 20.4 Å². The Morgan fingerprint density at radius 1 is 1.47 bits per heavy atom. The first-order valence-electron chi connectivity index (χ1n) is 5.62. The highest BCUT2D eigenvalue weighted by atomic mass is 16.5. The van der Waals surface area contributed by atoms with Crippen LogP contribution in [0.25, 0.3) is 0 Å². The number of ether oxygens (including phenoxy) is 2. The molecule has 2 atom stereocenters. The molecule has 2 unspecified atom stereocenters. The van der Waals surface area contributed by atoms with Gasteiger partial charge in [-0.25, -0.2) is 4.98 Å². The summed E-state index contributed by atoms with van der Waals surface area (Å²) in [5.74, 6) is 0.683. The summed E-state index contributed by atoms with van der Waals surface area (Å²) in [6.07, 6.45) is 2.77. The average molecular weight is 239 g/mol. The van der Waals surface area contributed by atoms with Crippen LogP contribution in [0.5, 0.6) is 11.8 Å². The van der Waals surface area contributed by atoms with Gasteiger partial charge in [0.1, 0.15) is 11.8 Å². The molecule has 1 aromatic rings. The molecule has 2 N–H and O–H groups in total. The number of nitrogens with zero attached hydrogens (tertiary/aromatic N) is 2. The van der Waals surface area contributed by atoms with E-state index in [0.717, 1.165) is 19.4 Å². The van der Waals surface area contributed by atoms with E-state index in [1.807, 2.05) is 0 Å². The molecule has 0 radical (unpaired) electrons. The molecule has 17 heavy (non-hydrogen) atoms. The molecule has 0 amide bonds. The first-order chi connectivity index (χ1) is 8.26. The predicted octanol–water partition coefficient (Wildman–Crippen LogP) is 0.279. The summed E-state index contributed by atoms with van der Waals surface area (Å²) >= 11 is 0. The number of hydrogen-bond donors (Lipinski definition) is 2. The molecule has 1 saturated heterocycles. The van der Waals surface area contributed by atoms with Gasteiger partial charge in [-0.2, -0.15) is 4.98 Å². The minimum absolute atomic E-state index is 0.0200. The lowest BCUT2D eigenvalue weighted by Crippen LogP contribution is -2.29. The van der Waals surface area contributed by atoms with Crippen LogP contribution in [0.1, 0.15) is 24.6 Å². The second kappa shape index (κ2) is 5.29. The van der Waals surface area contributed by atoms with Crippen molar-refractivity contribution in [2.24, 2.45) is 0 Å². The van der Waals surface area contributed by atoms with Gasteiger partial charge in [0.15, 0.2) is 0 Å². The normalized spacial score (nSPS) is 21.2. The molecule has 1 aliphatic heterocycles. The zero-order valence-corrected chi connectivity index (χ0v) is 10.0. The second-order valence-electron chi connectivity index (χ2n) is 3.95. The Morgan fingerprint density at radius 3 is 2.88 bits per heavy atom. The molecule has 1 aromatic heterocycles. The molecule has 0 aromatic carbocycles. The van der Waals surface area contributed by atoms with Crippen molar-refractivity contribution in [3.05, 3.63) is 11.9 Å². The third-order valence-corrected chi connectivity index (χ3v) is 2.91. The van der Waals surface area contributed by atoms with Crippen LogP contribution < -0.4 is 14.8 Å². The van der Waals surface area contributed by atoms with Crippen LogP contribution in [-0.4, -0.2) is 41.9 Å². The minimum Gasteiger partial charge on any atom is -0.480 e. The molecule has 6 heteroatoms. The van der Waals surface area contributed by atoms with E-state index in [-0.39, 0.29) is 6.04 Å². The van der Waals surface area contributed by atoms with Crippen LogP contribution in [-0.2, 0) is 0 Å². The van der Waals surface area contributed by atoms with Gasteiger partial charge in [0, 0.05) is 6.04 Å². The second-order valence-corrected chi connectivity index (χ2v) is 3.95. The molecule has 0 saturated carbocycles. The van der Waals surface area contributed by atoms with E-state index >= 15 is 0 Å². The Hall–Kier alpha value is -1.40. The van der Waals surface area contributed by atoms with Gasteiger partial charge in [0.05, 0.1) is 20.4 Å². The molecule has 2 rings (SSSR count). The highest BCUT2D eigenvalue weighted by Crippen LogP contribution is 2.28. The molecule has 0 bridgehead atoms. The Kier molecular flexibility index (Phi) is 3.75. The molecule has 2 heterocycles. The molecule has 1 fully saturated rings. The van der Waals surface area contributed by atoms with E-state index in [1.54, 1.807) is 0 Å². The maximum absolute atomic E-state index is 10.2. The number of aliphatic hydroxyl groups is 1. The standard InChI is InChI=1S/C11H17N3O3/c1-16-8-6-13-9(11(14-8)17-2)10(15)7-4-3-5-12-7/h6-7,10,12,15H,3-5H2,1-2H3. The van der Waals surface area contributed by atoms with Crippen LogP contribution in [0.15, 0.2) is 6.20 Å². The van der Waals surface area contributed by atoms with Gasteiger partial charge >= 0.3 is 0 Å². The molecule has 94 valence electrons. The zero-order chi connectivity index (χ0) is 12.3. The van der Waals surface area contributed by atoms with Crippen LogP contribution in [0.2, 0.25) is 0 Å². The summed E-state index contributed by atoms with van der Waals surface area (Å²) in [6, 6.07) is 0.0200. The smallest absolute Gasteiger partial charge is 0.241 e. The molecule has 6 nitrogen and oxygen atoms in total. The van der Waals surface area contributed by atoms with E-state index in [2.05, 4.69) is 15.3 Å². The maximum atomic E-state index is 10.2. The number of aromatic nitrogens is 2. The molecule has 0 spiro atoms. The number of aliphatic hydroxyl groups excluding tert-OH is 1. The average Bonchev–Trinajstić information content (AvgIpc) is 2.91. The molecule has 1 aliphatic rings. The van der Waals surface area contributed by atoms with E-state index in [4.69, 9.17) is 9.47 Å². The van der Waals surface area contributed by atoms with Crippen LogP contribution in [0, 0.1) is 0 Å². The van der Waals surface area contributed by atoms with Crippen molar-refractivity contribution >= 4 is 0 Å². The monoisotopic (exact) mass is 239 g/mol. The third kappa shape index (κ3) is 2.48. The van der Waals surface area contributed by atoms with Crippen molar-refractivity contribution < 1.29 is 14.6 Å². The number of methoxy groups -OCH3 is 2. The third-order valence-electron chi connectivity index (χ3n) is 2.91. The summed E-state index contributed by atoms with van der Waals surface area (Å²) < 4.78 is 10.1. The van der Waals surface area contributed by atoms with E-state index in [9.17, 15) is 5.11 Å². The first kappa shape index (κ1) is 12.1. The highest BCUT2D eigenvalue weighted by Gasteiger charge is 2.28. The Bertz CT molecular complexity index is 380. The van der Waals surface area contributed by atoms with Gasteiger partial charge in [0.25, 0.3) is 0 Å². The van der Waals surface area contributed by atoms with Crippen molar-refractivity contribution in [2.45, 2.75) is 25.0 Å². The predicted molar refractivity (Wildman–Crippen MR) is 61.1 cm³/mol. The number of hydrogen-bond acceptors (Lipinski definition) is 6. The van der Waals surface area contributed by atoms with Gasteiger partial charge in [-0.15, -0.1) is 0 Å². The van der Waals surface area contributed by atoms with Crippen LogP contribution >= 0.6 is 0 Å². The fourth-order valence-corrected chi connectivity index (χ4v) is 1.99. The van der Waals surface area contributed by atoms with Crippen LogP contribution in [0.3, 0.4) is 0 Å². The van der Waals surface area contributed by atoms with Crippen molar-refractivity contribution in [2.75, 3.05) is 20.8 Å². The highest BCUT2D eigenvalue weighted by molar-refractivity contribution is 5.25. The van der Waals surface area contributed by atoms with Gasteiger partial charge in [-0.1, -0.05) is 0 Å². The topological polar surface area (TPSA) is 76.5 Å². The number of nitrogens with one attached hydrogen (secondary N) is 1. The molecule has 0 aliphatic carbocycles. The quantitative estimate of drug-likeness (QED) is 0.786. The van der Waals surface area contributed by atoms with Crippen molar-refractivity contribution in [1.82, 2.24) is 15.3 Å². The summed E-state index contributed by atoms with van der Waals surface area (Å²) in [6.45, 7) is 0.924. The fourth-order valence-electron chi connectivity index (χ4n) is 1.99. The number of rotatable bonds is 4. The van der Waals surface area contributed by atoms with Crippen molar-refractivity contribution in [3.63, 3.8) is 0 Å². The molecular weight excluding hydrogens is 222 g/mol. The SMILES string of the molecule is COc1cnc(C(O)C2CCCN2)c(OC)n1. The summed E-state index contributed by atoms with van der Waals surface area (Å²) in [7, 11) is 3.01. The van der Waals surface area contributed by atoms with Gasteiger partial charge < -0.3 is 19.9 Å². The zero-order valence-electron chi connectivity index (χ0n) is 10.0. The lowest BCUT2D eigenvalue weighted by Gasteiger charge is -2.19. The summed E-state index contributed by atoms with van der Waals surface area (Å²) in [5.41, 5.74) is 0.452. The lowest BCUT2D eigenvalue weighted by molar-refractivity contribution is 0.128. The maximum Gasteiger partial charge on any atom is 0.241 e. The van der Waals surface area contributed by atoms with Gasteiger partial charge in [0.2, 0.25) is 11.8 Å². The first-order valence-corrected chi connectivity index (χ1v) is 5.62. The molecular formula is C11H17N3O3.